The summed E-state index contributed by atoms with van der Waals surface area (Å²) in [5.41, 5.74) is 3.68. The number of carbonyl (C=O) groups is 2. The van der Waals surface area contributed by atoms with E-state index in [1.807, 2.05) is 12.2 Å². The van der Waals surface area contributed by atoms with E-state index in [0.29, 0.717) is 23.5 Å². The highest BCUT2D eigenvalue weighted by atomic mass is 16.7. The van der Waals surface area contributed by atoms with E-state index in [2.05, 4.69) is 45.9 Å². The molecule has 4 atom stereocenters. The van der Waals surface area contributed by atoms with Crippen LogP contribution in [0.25, 0.3) is 0 Å². The SMILES string of the molecule is CC(=CC1CC(C)=CC2(C=C(C=O)C3CC(=O)C(C)=CC3O2)O1)CC=CC(C)C. The summed E-state index contributed by atoms with van der Waals surface area (Å²) >= 11 is 0. The molecule has 3 aliphatic rings. The molecule has 29 heavy (non-hydrogen) atoms. The van der Waals surface area contributed by atoms with Crippen molar-refractivity contribution in [1.82, 2.24) is 0 Å². The van der Waals surface area contributed by atoms with E-state index in [4.69, 9.17) is 9.47 Å². The quantitative estimate of drug-likeness (QED) is 0.483. The number of rotatable bonds is 5. The zero-order valence-electron chi connectivity index (χ0n) is 18.1. The van der Waals surface area contributed by atoms with Gasteiger partial charge in [0, 0.05) is 12.3 Å². The van der Waals surface area contributed by atoms with Gasteiger partial charge in [0.1, 0.15) is 6.29 Å². The average molecular weight is 397 g/mol. The van der Waals surface area contributed by atoms with E-state index in [1.54, 1.807) is 13.0 Å². The minimum absolute atomic E-state index is 0.0701. The molecule has 0 radical (unpaired) electrons. The largest absolute Gasteiger partial charge is 0.335 e. The van der Waals surface area contributed by atoms with Crippen LogP contribution >= 0.6 is 0 Å². The average Bonchev–Trinajstić information content (AvgIpc) is 2.61. The van der Waals surface area contributed by atoms with Crippen LogP contribution in [0.15, 0.2) is 58.7 Å². The zero-order chi connectivity index (χ0) is 21.2. The molecule has 156 valence electrons. The fourth-order valence-corrected chi connectivity index (χ4v) is 4.24. The molecule has 4 heteroatoms. The summed E-state index contributed by atoms with van der Waals surface area (Å²) in [7, 11) is 0. The van der Waals surface area contributed by atoms with Gasteiger partial charge in [-0.3, -0.25) is 9.59 Å². The number of carbonyl (C=O) groups excluding carboxylic acids is 2. The molecule has 0 saturated carbocycles. The van der Waals surface area contributed by atoms with Crippen LogP contribution in [-0.2, 0) is 19.1 Å². The Morgan fingerprint density at radius 1 is 1.24 bits per heavy atom. The lowest BCUT2D eigenvalue weighted by Crippen LogP contribution is -2.48. The van der Waals surface area contributed by atoms with Crippen molar-refractivity contribution in [3.8, 4) is 0 Å². The lowest BCUT2D eigenvalue weighted by molar-refractivity contribution is -0.224. The second-order valence-electron chi connectivity index (χ2n) is 8.89. The predicted octanol–water partition coefficient (Wildman–Crippen LogP) is 5.03. The number of hydrogen-bond acceptors (Lipinski definition) is 4. The van der Waals surface area contributed by atoms with Gasteiger partial charge >= 0.3 is 0 Å². The number of ketones is 1. The molecule has 0 bridgehead atoms. The molecular formula is C25H32O4. The summed E-state index contributed by atoms with van der Waals surface area (Å²) in [5, 5.41) is 0. The zero-order valence-corrected chi connectivity index (χ0v) is 18.1. The molecule has 3 rings (SSSR count). The number of ether oxygens (including phenoxy) is 2. The van der Waals surface area contributed by atoms with Crippen LogP contribution in [-0.4, -0.2) is 30.1 Å². The number of allylic oxidation sites excluding steroid dienone is 4. The van der Waals surface area contributed by atoms with Crippen molar-refractivity contribution in [2.75, 3.05) is 0 Å². The molecule has 1 spiro atoms. The molecule has 4 unspecified atom stereocenters. The van der Waals surface area contributed by atoms with Gasteiger partial charge in [-0.25, -0.2) is 0 Å². The third-order valence-corrected chi connectivity index (χ3v) is 5.65. The molecule has 0 aromatic heterocycles. The van der Waals surface area contributed by atoms with Crippen LogP contribution < -0.4 is 0 Å². The molecule has 0 N–H and O–H groups in total. The first-order valence-electron chi connectivity index (χ1n) is 10.5. The third kappa shape index (κ3) is 5.12. The van der Waals surface area contributed by atoms with Gasteiger partial charge in [0.05, 0.1) is 12.2 Å². The molecule has 0 aromatic carbocycles. The van der Waals surface area contributed by atoms with Crippen LogP contribution in [0.4, 0.5) is 0 Å². The molecule has 2 aliphatic heterocycles. The first-order valence-corrected chi connectivity index (χ1v) is 10.5. The Morgan fingerprint density at radius 3 is 2.69 bits per heavy atom. The van der Waals surface area contributed by atoms with E-state index in [-0.39, 0.29) is 23.9 Å². The Kier molecular flexibility index (Phi) is 6.55. The molecule has 4 nitrogen and oxygen atoms in total. The van der Waals surface area contributed by atoms with E-state index < -0.39 is 5.79 Å². The number of hydrogen-bond donors (Lipinski definition) is 0. The van der Waals surface area contributed by atoms with Crippen molar-refractivity contribution in [3.63, 3.8) is 0 Å². The van der Waals surface area contributed by atoms with Gasteiger partial charge in [-0.15, -0.1) is 0 Å². The Labute approximate surface area is 174 Å². The lowest BCUT2D eigenvalue weighted by atomic mass is 9.79. The van der Waals surface area contributed by atoms with E-state index >= 15 is 0 Å². The second-order valence-corrected chi connectivity index (χ2v) is 8.89. The normalized spacial score (nSPS) is 32.9. The minimum Gasteiger partial charge on any atom is -0.335 e. The summed E-state index contributed by atoms with van der Waals surface area (Å²) in [4.78, 5) is 23.9. The summed E-state index contributed by atoms with van der Waals surface area (Å²) in [5.74, 6) is -0.686. The molecule has 0 amide bonds. The van der Waals surface area contributed by atoms with Gasteiger partial charge in [-0.05, 0) is 68.9 Å². The van der Waals surface area contributed by atoms with Crippen LogP contribution in [0, 0.1) is 11.8 Å². The predicted molar refractivity (Wildman–Crippen MR) is 114 cm³/mol. The van der Waals surface area contributed by atoms with Gasteiger partial charge in [-0.2, -0.15) is 0 Å². The van der Waals surface area contributed by atoms with Crippen molar-refractivity contribution in [2.24, 2.45) is 11.8 Å². The Bertz CT molecular complexity index is 824. The number of aldehydes is 1. The third-order valence-electron chi connectivity index (χ3n) is 5.65. The number of fused-ring (bicyclic) bond motifs is 1. The summed E-state index contributed by atoms with van der Waals surface area (Å²) in [6.07, 6.45) is 14.5. The first kappa shape index (κ1) is 21.7. The maximum Gasteiger partial charge on any atom is 0.210 e. The monoisotopic (exact) mass is 396 g/mol. The van der Waals surface area contributed by atoms with Crippen LogP contribution in [0.1, 0.15) is 53.9 Å². The highest BCUT2D eigenvalue weighted by molar-refractivity contribution is 5.97. The molecule has 0 saturated heterocycles. The van der Waals surface area contributed by atoms with Crippen molar-refractivity contribution in [1.29, 1.82) is 0 Å². The molecule has 1 aliphatic carbocycles. The molecule has 0 aromatic rings. The smallest absolute Gasteiger partial charge is 0.210 e. The lowest BCUT2D eigenvalue weighted by Gasteiger charge is -2.44. The van der Waals surface area contributed by atoms with Gasteiger partial charge in [0.2, 0.25) is 5.79 Å². The van der Waals surface area contributed by atoms with Crippen molar-refractivity contribution in [3.05, 3.63) is 58.7 Å². The van der Waals surface area contributed by atoms with Gasteiger partial charge < -0.3 is 9.47 Å². The van der Waals surface area contributed by atoms with E-state index in [1.165, 1.54) is 5.57 Å². The minimum atomic E-state index is -1.06. The van der Waals surface area contributed by atoms with Crippen LogP contribution in [0.3, 0.4) is 0 Å². The van der Waals surface area contributed by atoms with Gasteiger partial charge in [0.25, 0.3) is 0 Å². The summed E-state index contributed by atoms with van der Waals surface area (Å²) < 4.78 is 12.7. The maximum atomic E-state index is 12.1. The molecule has 2 heterocycles. The second kappa shape index (κ2) is 8.76. The van der Waals surface area contributed by atoms with Gasteiger partial charge in [-0.1, -0.05) is 43.2 Å². The highest BCUT2D eigenvalue weighted by Crippen LogP contribution is 2.42. The van der Waals surface area contributed by atoms with Crippen molar-refractivity contribution < 1.29 is 19.1 Å². The van der Waals surface area contributed by atoms with Crippen LogP contribution in [0.2, 0.25) is 0 Å². The van der Waals surface area contributed by atoms with Crippen molar-refractivity contribution >= 4 is 12.1 Å². The standard InChI is InChI=1S/C25H32O4/c1-16(2)7-6-8-17(3)9-21-10-18(4)13-25(28-21)14-20(15-26)22-12-23(27)19(5)11-24(22)29-25/h6-7,9,11,13-16,21-22,24H,8,10,12H2,1-5H3. The summed E-state index contributed by atoms with van der Waals surface area (Å²) in [6, 6.07) is 0. The maximum absolute atomic E-state index is 12.1. The topological polar surface area (TPSA) is 52.6 Å². The summed E-state index contributed by atoms with van der Waals surface area (Å²) in [6.45, 7) is 10.3. The van der Waals surface area contributed by atoms with E-state index in [0.717, 1.165) is 24.7 Å². The van der Waals surface area contributed by atoms with Crippen molar-refractivity contribution in [2.45, 2.75) is 71.9 Å². The Balaban J connectivity index is 1.85. The Hall–Kier alpha value is -2.04. The molecular weight excluding hydrogens is 364 g/mol. The van der Waals surface area contributed by atoms with E-state index in [9.17, 15) is 9.59 Å². The number of Topliss-reactive ketones (excluding diaryl/α,β-unsaturated/α-hetero) is 1. The van der Waals surface area contributed by atoms with Crippen LogP contribution in [0.5, 0.6) is 0 Å². The highest BCUT2D eigenvalue weighted by Gasteiger charge is 2.45. The fraction of sp³-hybridized carbons (Fsp3) is 0.520. The molecule has 0 fully saturated rings. The van der Waals surface area contributed by atoms with Gasteiger partial charge in [0.15, 0.2) is 5.78 Å². The fourth-order valence-electron chi connectivity index (χ4n) is 4.24. The Morgan fingerprint density at radius 2 is 2.00 bits per heavy atom. The first-order chi connectivity index (χ1) is 13.7.